The van der Waals surface area contributed by atoms with Crippen molar-refractivity contribution in [3.05, 3.63) is 65.5 Å². The molecule has 0 aromatic heterocycles. The van der Waals surface area contributed by atoms with E-state index in [0.717, 1.165) is 10.5 Å². The molecule has 0 fully saturated rings. The Balaban J connectivity index is 1.76. The van der Waals surface area contributed by atoms with Gasteiger partial charge < -0.3 is 15.0 Å². The van der Waals surface area contributed by atoms with Crippen LogP contribution in [0.15, 0.2) is 48.5 Å². The minimum Gasteiger partial charge on any atom is -0.455 e. The highest BCUT2D eigenvalue weighted by atomic mass is 19.1. The largest absolute Gasteiger partial charge is 0.455 e. The number of benzene rings is 2. The number of anilines is 1. The lowest BCUT2D eigenvalue weighted by Gasteiger charge is -2.17. The van der Waals surface area contributed by atoms with E-state index in [2.05, 4.69) is 5.32 Å². The summed E-state index contributed by atoms with van der Waals surface area (Å²) in [6.45, 7) is 1.24. The number of amides is 2. The van der Waals surface area contributed by atoms with Crippen LogP contribution >= 0.6 is 0 Å². The third kappa shape index (κ3) is 6.54. The predicted octanol–water partition coefficient (Wildman–Crippen LogP) is 2.32. The maximum atomic E-state index is 13.5. The number of carbonyl (C=O) groups excluding carboxylic acids is 3. The molecule has 2 aromatic rings. The highest BCUT2D eigenvalue weighted by Gasteiger charge is 2.16. The van der Waals surface area contributed by atoms with Crippen LogP contribution in [0.25, 0.3) is 0 Å². The highest BCUT2D eigenvalue weighted by Crippen LogP contribution is 2.09. The van der Waals surface area contributed by atoms with Gasteiger partial charge in [-0.2, -0.15) is 0 Å². The Morgan fingerprint density at radius 3 is 2.41 bits per heavy atom. The monoisotopic (exact) mass is 372 g/mol. The van der Waals surface area contributed by atoms with Crippen molar-refractivity contribution in [1.29, 1.82) is 0 Å². The summed E-state index contributed by atoms with van der Waals surface area (Å²) >= 11 is 0. The molecule has 0 saturated carbocycles. The van der Waals surface area contributed by atoms with Crippen LogP contribution in [-0.4, -0.2) is 42.9 Å². The SMILES string of the molecule is Cc1ccc(NC(=O)CN(C)C(=O)COC(=O)Cc2ccccc2F)cc1. The number of likely N-dealkylation sites (N-methyl/N-ethyl adjacent to an activating group) is 1. The van der Waals surface area contributed by atoms with Gasteiger partial charge in [0.15, 0.2) is 6.61 Å². The van der Waals surface area contributed by atoms with Crippen LogP contribution in [0.1, 0.15) is 11.1 Å². The molecule has 0 aliphatic heterocycles. The Morgan fingerprint density at radius 1 is 1.07 bits per heavy atom. The van der Waals surface area contributed by atoms with Gasteiger partial charge in [-0.25, -0.2) is 4.39 Å². The van der Waals surface area contributed by atoms with Crippen molar-refractivity contribution in [2.24, 2.45) is 0 Å². The first-order chi connectivity index (χ1) is 12.8. The molecule has 0 saturated heterocycles. The Bertz CT molecular complexity index is 821. The molecule has 1 N–H and O–H groups in total. The summed E-state index contributed by atoms with van der Waals surface area (Å²) in [5.41, 5.74) is 1.89. The fourth-order valence-corrected chi connectivity index (χ4v) is 2.24. The first-order valence-electron chi connectivity index (χ1n) is 8.34. The number of carbonyl (C=O) groups is 3. The lowest BCUT2D eigenvalue weighted by molar-refractivity contribution is -0.151. The van der Waals surface area contributed by atoms with E-state index in [1.165, 1.54) is 25.2 Å². The van der Waals surface area contributed by atoms with E-state index in [1.807, 2.05) is 19.1 Å². The second kappa shape index (κ2) is 9.47. The predicted molar refractivity (Wildman–Crippen MR) is 98.5 cm³/mol. The molecule has 0 atom stereocenters. The van der Waals surface area contributed by atoms with Gasteiger partial charge in [0, 0.05) is 12.7 Å². The summed E-state index contributed by atoms with van der Waals surface area (Å²) in [6.07, 6.45) is -0.266. The molecule has 0 bridgehead atoms. The fourth-order valence-electron chi connectivity index (χ4n) is 2.24. The van der Waals surface area contributed by atoms with Crippen LogP contribution in [0.2, 0.25) is 0 Å². The summed E-state index contributed by atoms with van der Waals surface area (Å²) in [4.78, 5) is 36.9. The van der Waals surface area contributed by atoms with Crippen molar-refractivity contribution >= 4 is 23.5 Å². The number of rotatable bonds is 7. The van der Waals surface area contributed by atoms with E-state index in [1.54, 1.807) is 18.2 Å². The van der Waals surface area contributed by atoms with Gasteiger partial charge in [-0.1, -0.05) is 35.9 Å². The highest BCUT2D eigenvalue weighted by molar-refractivity contribution is 5.94. The number of nitrogens with one attached hydrogen (secondary N) is 1. The zero-order valence-electron chi connectivity index (χ0n) is 15.2. The van der Waals surface area contributed by atoms with Gasteiger partial charge in [-0.05, 0) is 30.7 Å². The molecule has 2 aromatic carbocycles. The molecule has 142 valence electrons. The number of aryl methyl sites for hydroxylation is 1. The lowest BCUT2D eigenvalue weighted by atomic mass is 10.1. The number of hydrogen-bond acceptors (Lipinski definition) is 4. The zero-order valence-corrected chi connectivity index (χ0v) is 15.2. The Labute approximate surface area is 156 Å². The quantitative estimate of drug-likeness (QED) is 0.757. The number of ether oxygens (including phenoxy) is 1. The Morgan fingerprint density at radius 2 is 1.74 bits per heavy atom. The zero-order chi connectivity index (χ0) is 19.8. The van der Waals surface area contributed by atoms with E-state index in [-0.39, 0.29) is 24.4 Å². The van der Waals surface area contributed by atoms with Crippen molar-refractivity contribution < 1.29 is 23.5 Å². The maximum Gasteiger partial charge on any atom is 0.310 e. The van der Waals surface area contributed by atoms with E-state index < -0.39 is 24.3 Å². The lowest BCUT2D eigenvalue weighted by Crippen LogP contribution is -2.37. The maximum absolute atomic E-state index is 13.5. The van der Waals surface area contributed by atoms with Crippen molar-refractivity contribution in [2.45, 2.75) is 13.3 Å². The van der Waals surface area contributed by atoms with E-state index in [9.17, 15) is 18.8 Å². The Hall–Kier alpha value is -3.22. The summed E-state index contributed by atoms with van der Waals surface area (Å²) in [5.74, 6) is -2.13. The average molecular weight is 372 g/mol. The van der Waals surface area contributed by atoms with Gasteiger partial charge >= 0.3 is 5.97 Å². The van der Waals surface area contributed by atoms with Crippen LogP contribution in [-0.2, 0) is 25.5 Å². The molecule has 0 heterocycles. The number of hydrogen-bond donors (Lipinski definition) is 1. The molecule has 7 heteroatoms. The number of esters is 1. The van der Waals surface area contributed by atoms with Gasteiger partial charge in [0.25, 0.3) is 5.91 Å². The molecule has 0 spiro atoms. The van der Waals surface area contributed by atoms with Crippen LogP contribution < -0.4 is 5.32 Å². The molecular weight excluding hydrogens is 351 g/mol. The molecule has 2 amide bonds. The van der Waals surface area contributed by atoms with Gasteiger partial charge in [0.2, 0.25) is 5.91 Å². The fraction of sp³-hybridized carbons (Fsp3) is 0.250. The summed E-state index contributed by atoms with van der Waals surface area (Å²) in [7, 11) is 1.43. The van der Waals surface area contributed by atoms with Crippen LogP contribution in [0.5, 0.6) is 0 Å². The minimum absolute atomic E-state index is 0.183. The standard InChI is InChI=1S/C20H21FN2O4/c1-14-7-9-16(10-8-14)22-18(24)12-23(2)19(25)13-27-20(26)11-15-5-3-4-6-17(15)21/h3-10H,11-13H2,1-2H3,(H,22,24). The molecule has 0 aliphatic carbocycles. The van der Waals surface area contributed by atoms with Crippen molar-refractivity contribution in [3.63, 3.8) is 0 Å². The van der Waals surface area contributed by atoms with Gasteiger partial charge in [0.1, 0.15) is 5.82 Å². The molecule has 2 rings (SSSR count). The third-order valence-corrected chi connectivity index (χ3v) is 3.79. The van der Waals surface area contributed by atoms with Gasteiger partial charge in [-0.3, -0.25) is 14.4 Å². The smallest absolute Gasteiger partial charge is 0.310 e. The van der Waals surface area contributed by atoms with E-state index >= 15 is 0 Å². The minimum atomic E-state index is -0.717. The summed E-state index contributed by atoms with van der Waals surface area (Å²) in [6, 6.07) is 13.1. The average Bonchev–Trinajstić information content (AvgIpc) is 2.63. The molecule has 27 heavy (non-hydrogen) atoms. The van der Waals surface area contributed by atoms with E-state index in [4.69, 9.17) is 4.74 Å². The molecule has 0 unspecified atom stereocenters. The topological polar surface area (TPSA) is 75.7 Å². The third-order valence-electron chi connectivity index (χ3n) is 3.79. The normalized spacial score (nSPS) is 10.2. The van der Waals surface area contributed by atoms with E-state index in [0.29, 0.717) is 5.69 Å². The second-order valence-electron chi connectivity index (χ2n) is 6.09. The van der Waals surface area contributed by atoms with Crippen LogP contribution in [0.3, 0.4) is 0 Å². The van der Waals surface area contributed by atoms with Crippen molar-refractivity contribution in [2.75, 3.05) is 25.5 Å². The van der Waals surface area contributed by atoms with Gasteiger partial charge in [0.05, 0.1) is 13.0 Å². The first kappa shape index (κ1) is 20.1. The summed E-state index contributed by atoms with van der Waals surface area (Å²) in [5, 5.41) is 2.68. The molecule has 6 nitrogen and oxygen atoms in total. The van der Waals surface area contributed by atoms with Crippen molar-refractivity contribution in [3.8, 4) is 0 Å². The summed E-state index contributed by atoms with van der Waals surface area (Å²) < 4.78 is 18.4. The number of nitrogens with zero attached hydrogens (tertiary/aromatic N) is 1. The molecule has 0 radical (unpaired) electrons. The molecule has 0 aliphatic rings. The Kier molecular flexibility index (Phi) is 7.05. The number of halogens is 1. The van der Waals surface area contributed by atoms with Crippen molar-refractivity contribution in [1.82, 2.24) is 4.90 Å². The second-order valence-corrected chi connectivity index (χ2v) is 6.09. The van der Waals surface area contributed by atoms with Crippen LogP contribution in [0, 0.1) is 12.7 Å². The van der Waals surface area contributed by atoms with Gasteiger partial charge in [-0.15, -0.1) is 0 Å². The van der Waals surface area contributed by atoms with Crippen LogP contribution in [0.4, 0.5) is 10.1 Å². The first-order valence-corrected chi connectivity index (χ1v) is 8.34. The molecular formula is C20H21FN2O4.